The second-order valence-electron chi connectivity index (χ2n) is 5.25. The molecule has 0 aromatic heterocycles. The highest BCUT2D eigenvalue weighted by Crippen LogP contribution is 2.22. The number of likely N-dealkylation sites (tertiary alicyclic amines) is 1. The molecule has 0 bridgehead atoms. The molecule has 1 aliphatic rings. The fraction of sp³-hybridized carbons (Fsp3) is 0.538. The Kier molecular flexibility index (Phi) is 4.62. The van der Waals surface area contributed by atoms with Crippen molar-refractivity contribution in [3.8, 4) is 0 Å². The van der Waals surface area contributed by atoms with Crippen LogP contribution in [-0.2, 0) is 10.0 Å². The molecule has 0 radical (unpaired) electrons. The largest absolute Gasteiger partial charge is 0.395 e. The van der Waals surface area contributed by atoms with Crippen LogP contribution in [-0.4, -0.2) is 40.0 Å². The van der Waals surface area contributed by atoms with E-state index in [1.165, 1.54) is 12.1 Å². The van der Waals surface area contributed by atoms with E-state index in [4.69, 9.17) is 5.73 Å². The zero-order valence-corrected chi connectivity index (χ0v) is 12.3. The SMILES string of the molecule is CN1CCC(CNS(=O)(=O)c2cccc(F)c2N)CC1. The molecule has 0 atom stereocenters. The quantitative estimate of drug-likeness (QED) is 0.815. The molecule has 5 nitrogen and oxygen atoms in total. The first-order chi connectivity index (χ1) is 9.40. The van der Waals surface area contributed by atoms with E-state index in [9.17, 15) is 12.8 Å². The maximum Gasteiger partial charge on any atom is 0.242 e. The third kappa shape index (κ3) is 3.47. The van der Waals surface area contributed by atoms with E-state index < -0.39 is 15.8 Å². The number of nitrogens with two attached hydrogens (primary N) is 1. The van der Waals surface area contributed by atoms with Crippen molar-refractivity contribution >= 4 is 15.7 Å². The third-order valence-electron chi connectivity index (χ3n) is 3.70. The van der Waals surface area contributed by atoms with E-state index in [-0.39, 0.29) is 10.6 Å². The van der Waals surface area contributed by atoms with E-state index in [1.54, 1.807) is 0 Å². The molecule has 2 rings (SSSR count). The van der Waals surface area contributed by atoms with Gasteiger partial charge in [-0.25, -0.2) is 17.5 Å². The summed E-state index contributed by atoms with van der Waals surface area (Å²) in [4.78, 5) is 2.03. The number of benzene rings is 1. The van der Waals surface area contributed by atoms with Crippen LogP contribution in [0.15, 0.2) is 23.1 Å². The van der Waals surface area contributed by atoms with Gasteiger partial charge < -0.3 is 10.6 Å². The second-order valence-corrected chi connectivity index (χ2v) is 6.99. The summed E-state index contributed by atoms with van der Waals surface area (Å²) < 4.78 is 40.1. The summed E-state index contributed by atoms with van der Waals surface area (Å²) in [7, 11) is -1.71. The molecule has 20 heavy (non-hydrogen) atoms. The topological polar surface area (TPSA) is 75.4 Å². The van der Waals surface area contributed by atoms with Crippen LogP contribution in [0.2, 0.25) is 0 Å². The number of hydrogen-bond donors (Lipinski definition) is 2. The Labute approximate surface area is 119 Å². The Morgan fingerprint density at radius 2 is 2.05 bits per heavy atom. The minimum Gasteiger partial charge on any atom is -0.395 e. The van der Waals surface area contributed by atoms with Gasteiger partial charge >= 0.3 is 0 Å². The van der Waals surface area contributed by atoms with Gasteiger partial charge in [-0.3, -0.25) is 0 Å². The van der Waals surface area contributed by atoms with Gasteiger partial charge in [0, 0.05) is 6.54 Å². The summed E-state index contributed by atoms with van der Waals surface area (Å²) in [5.41, 5.74) is 5.16. The smallest absolute Gasteiger partial charge is 0.242 e. The molecular formula is C13H20FN3O2S. The molecule has 1 heterocycles. The molecule has 1 aliphatic heterocycles. The average Bonchev–Trinajstić information content (AvgIpc) is 2.41. The minimum atomic E-state index is -3.75. The van der Waals surface area contributed by atoms with Crippen molar-refractivity contribution in [1.82, 2.24) is 9.62 Å². The van der Waals surface area contributed by atoms with Gasteiger partial charge in [0.25, 0.3) is 0 Å². The average molecular weight is 301 g/mol. The predicted molar refractivity (Wildman–Crippen MR) is 76.2 cm³/mol. The number of para-hydroxylation sites is 1. The molecule has 1 aromatic rings. The zero-order chi connectivity index (χ0) is 14.8. The summed E-state index contributed by atoms with van der Waals surface area (Å²) in [5, 5.41) is 0. The van der Waals surface area contributed by atoms with Crippen LogP contribution < -0.4 is 10.5 Å². The number of nitrogens with zero attached hydrogens (tertiary/aromatic N) is 1. The van der Waals surface area contributed by atoms with E-state index in [1.807, 2.05) is 7.05 Å². The molecule has 0 unspecified atom stereocenters. The van der Waals surface area contributed by atoms with E-state index in [0.717, 1.165) is 32.0 Å². The molecular weight excluding hydrogens is 281 g/mol. The molecule has 1 fully saturated rings. The highest BCUT2D eigenvalue weighted by atomic mass is 32.2. The normalized spacial score (nSPS) is 18.3. The Morgan fingerprint density at radius 1 is 1.40 bits per heavy atom. The van der Waals surface area contributed by atoms with Crippen LogP contribution in [0.4, 0.5) is 10.1 Å². The lowest BCUT2D eigenvalue weighted by Crippen LogP contribution is -2.37. The maximum atomic E-state index is 13.3. The number of piperidine rings is 1. The van der Waals surface area contributed by atoms with Crippen molar-refractivity contribution in [2.75, 3.05) is 32.4 Å². The number of rotatable bonds is 4. The Balaban J connectivity index is 2.03. The van der Waals surface area contributed by atoms with Gasteiger partial charge in [0.2, 0.25) is 10.0 Å². The Hall–Kier alpha value is -1.18. The van der Waals surface area contributed by atoms with Gasteiger partial charge in [0.1, 0.15) is 10.7 Å². The summed E-state index contributed by atoms with van der Waals surface area (Å²) >= 11 is 0. The molecule has 1 saturated heterocycles. The molecule has 0 spiro atoms. The van der Waals surface area contributed by atoms with Crippen molar-refractivity contribution in [2.45, 2.75) is 17.7 Å². The third-order valence-corrected chi connectivity index (χ3v) is 5.18. The summed E-state index contributed by atoms with van der Waals surface area (Å²) in [6.07, 6.45) is 1.91. The highest BCUT2D eigenvalue weighted by molar-refractivity contribution is 7.89. The molecule has 1 aromatic carbocycles. The van der Waals surface area contributed by atoms with Gasteiger partial charge in [-0.2, -0.15) is 0 Å². The van der Waals surface area contributed by atoms with Gasteiger partial charge in [0.15, 0.2) is 0 Å². The highest BCUT2D eigenvalue weighted by Gasteiger charge is 2.22. The van der Waals surface area contributed by atoms with Crippen LogP contribution in [0.5, 0.6) is 0 Å². The van der Waals surface area contributed by atoms with E-state index in [2.05, 4.69) is 9.62 Å². The summed E-state index contributed by atoms with van der Waals surface area (Å²) in [6, 6.07) is 3.80. The number of anilines is 1. The molecule has 3 N–H and O–H groups in total. The van der Waals surface area contributed by atoms with Crippen LogP contribution in [0.25, 0.3) is 0 Å². The van der Waals surface area contributed by atoms with Crippen LogP contribution >= 0.6 is 0 Å². The second kappa shape index (κ2) is 6.07. The molecule has 0 saturated carbocycles. The predicted octanol–water partition coefficient (Wildman–Crippen LogP) is 1.03. The zero-order valence-electron chi connectivity index (χ0n) is 11.5. The van der Waals surface area contributed by atoms with Gasteiger partial charge in [-0.1, -0.05) is 6.07 Å². The number of hydrogen-bond acceptors (Lipinski definition) is 4. The van der Waals surface area contributed by atoms with Crippen molar-refractivity contribution in [3.63, 3.8) is 0 Å². The molecule has 0 aliphatic carbocycles. The Bertz CT molecular complexity index is 569. The number of nitrogen functional groups attached to an aromatic ring is 1. The van der Waals surface area contributed by atoms with Crippen LogP contribution in [0.3, 0.4) is 0 Å². The van der Waals surface area contributed by atoms with Crippen molar-refractivity contribution in [1.29, 1.82) is 0 Å². The minimum absolute atomic E-state index is 0.189. The van der Waals surface area contributed by atoms with Gasteiger partial charge in [0.05, 0.1) is 5.69 Å². The fourth-order valence-electron chi connectivity index (χ4n) is 2.32. The summed E-state index contributed by atoms with van der Waals surface area (Å²) in [6.45, 7) is 2.30. The monoisotopic (exact) mass is 301 g/mol. The lowest BCUT2D eigenvalue weighted by atomic mass is 9.98. The van der Waals surface area contributed by atoms with Crippen LogP contribution in [0.1, 0.15) is 12.8 Å². The van der Waals surface area contributed by atoms with Gasteiger partial charge in [-0.15, -0.1) is 0 Å². The number of nitrogens with one attached hydrogen (secondary N) is 1. The van der Waals surface area contributed by atoms with Crippen molar-refractivity contribution in [3.05, 3.63) is 24.0 Å². The molecule has 112 valence electrons. The lowest BCUT2D eigenvalue weighted by molar-refractivity contribution is 0.220. The first-order valence-electron chi connectivity index (χ1n) is 6.62. The van der Waals surface area contributed by atoms with Crippen molar-refractivity contribution in [2.24, 2.45) is 5.92 Å². The molecule has 0 amide bonds. The number of halogens is 1. The van der Waals surface area contributed by atoms with Crippen LogP contribution in [0, 0.1) is 11.7 Å². The fourth-order valence-corrected chi connectivity index (χ4v) is 3.58. The Morgan fingerprint density at radius 3 is 2.70 bits per heavy atom. The standard InChI is InChI=1S/C13H20FN3O2S/c1-17-7-5-10(6-8-17)9-16-20(18,19)12-4-2-3-11(14)13(12)15/h2-4,10,16H,5-9,15H2,1H3. The maximum absolute atomic E-state index is 13.3. The summed E-state index contributed by atoms with van der Waals surface area (Å²) in [5.74, 6) is -0.400. The van der Waals surface area contributed by atoms with Crippen molar-refractivity contribution < 1.29 is 12.8 Å². The van der Waals surface area contributed by atoms with Gasteiger partial charge in [-0.05, 0) is 51.0 Å². The molecule has 7 heteroatoms. The lowest BCUT2D eigenvalue weighted by Gasteiger charge is -2.28. The first kappa shape index (κ1) is 15.2. The first-order valence-corrected chi connectivity index (χ1v) is 8.10. The van der Waals surface area contributed by atoms with E-state index >= 15 is 0 Å². The van der Waals surface area contributed by atoms with E-state index in [0.29, 0.717) is 12.5 Å². The number of sulfonamides is 1.